The summed E-state index contributed by atoms with van der Waals surface area (Å²) < 4.78 is 0. The number of nitrogens with zero attached hydrogens (tertiary/aromatic N) is 1. The number of hydrogen-bond acceptors (Lipinski definition) is 3. The minimum absolute atomic E-state index is 0.0892. The molecule has 0 saturated carbocycles. The number of rotatable bonds is 5. The molecule has 4 heteroatoms. The van der Waals surface area contributed by atoms with E-state index < -0.39 is 0 Å². The number of piperazine rings is 1. The molecule has 2 N–H and O–H groups in total. The van der Waals surface area contributed by atoms with Crippen LogP contribution in [0, 0.1) is 5.92 Å². The van der Waals surface area contributed by atoms with E-state index in [2.05, 4.69) is 53.6 Å². The van der Waals surface area contributed by atoms with Gasteiger partial charge in [-0.1, -0.05) is 26.0 Å². The van der Waals surface area contributed by atoms with E-state index in [1.54, 1.807) is 0 Å². The third kappa shape index (κ3) is 3.73. The van der Waals surface area contributed by atoms with Crippen LogP contribution in [0.2, 0.25) is 0 Å². The summed E-state index contributed by atoms with van der Waals surface area (Å²) in [6.45, 7) is 9.89. The van der Waals surface area contributed by atoms with Crippen LogP contribution in [0.25, 0.3) is 0 Å². The molecule has 2 rings (SSSR count). The van der Waals surface area contributed by atoms with Crippen molar-refractivity contribution in [1.82, 2.24) is 10.6 Å². The van der Waals surface area contributed by atoms with Gasteiger partial charge in [-0.15, -0.1) is 0 Å². The maximum Gasteiger partial charge on any atom is 0.242 e. The molecule has 0 aromatic heterocycles. The van der Waals surface area contributed by atoms with Crippen molar-refractivity contribution >= 4 is 11.6 Å². The molecule has 1 atom stereocenters. The Morgan fingerprint density at radius 1 is 1.35 bits per heavy atom. The lowest BCUT2D eigenvalue weighted by molar-refractivity contribution is -0.122. The molecule has 1 heterocycles. The number of carbonyl (C=O) groups is 1. The number of anilines is 1. The van der Waals surface area contributed by atoms with Crippen LogP contribution in [0.1, 0.15) is 26.3 Å². The molecule has 1 saturated heterocycles. The molecule has 20 heavy (non-hydrogen) atoms. The Bertz CT molecular complexity index is 442. The highest BCUT2D eigenvalue weighted by Crippen LogP contribution is 2.19. The van der Waals surface area contributed by atoms with Gasteiger partial charge in [-0.05, 0) is 37.1 Å². The molecule has 1 amide bonds. The Morgan fingerprint density at radius 2 is 2.05 bits per heavy atom. The Labute approximate surface area is 121 Å². The summed E-state index contributed by atoms with van der Waals surface area (Å²) >= 11 is 0. The van der Waals surface area contributed by atoms with Crippen LogP contribution in [0.3, 0.4) is 0 Å². The van der Waals surface area contributed by atoms with E-state index in [-0.39, 0.29) is 11.9 Å². The van der Waals surface area contributed by atoms with Crippen molar-refractivity contribution in [3.63, 3.8) is 0 Å². The van der Waals surface area contributed by atoms with Crippen molar-refractivity contribution in [1.29, 1.82) is 0 Å². The van der Waals surface area contributed by atoms with Crippen LogP contribution >= 0.6 is 0 Å². The molecule has 1 unspecified atom stereocenters. The number of nitrogens with one attached hydrogen (secondary N) is 2. The molecule has 0 aliphatic carbocycles. The van der Waals surface area contributed by atoms with Gasteiger partial charge >= 0.3 is 0 Å². The van der Waals surface area contributed by atoms with E-state index in [0.717, 1.165) is 31.9 Å². The summed E-state index contributed by atoms with van der Waals surface area (Å²) in [6, 6.07) is 8.42. The molecule has 1 aromatic carbocycles. The van der Waals surface area contributed by atoms with Gasteiger partial charge in [0, 0.05) is 25.3 Å². The van der Waals surface area contributed by atoms with Gasteiger partial charge in [-0.25, -0.2) is 0 Å². The van der Waals surface area contributed by atoms with Gasteiger partial charge in [-0.3, -0.25) is 4.79 Å². The fourth-order valence-corrected chi connectivity index (χ4v) is 2.45. The van der Waals surface area contributed by atoms with E-state index >= 15 is 0 Å². The van der Waals surface area contributed by atoms with E-state index in [4.69, 9.17) is 0 Å². The van der Waals surface area contributed by atoms with Crippen molar-refractivity contribution in [2.24, 2.45) is 5.92 Å². The summed E-state index contributed by atoms with van der Waals surface area (Å²) in [7, 11) is 0. The molecule has 0 spiro atoms. The topological polar surface area (TPSA) is 44.4 Å². The van der Waals surface area contributed by atoms with Crippen LogP contribution in [-0.2, 0) is 11.3 Å². The number of hydrogen-bond donors (Lipinski definition) is 2. The zero-order chi connectivity index (χ0) is 14.5. The van der Waals surface area contributed by atoms with Crippen LogP contribution in [-0.4, -0.2) is 31.6 Å². The minimum atomic E-state index is -0.0892. The highest BCUT2D eigenvalue weighted by molar-refractivity contribution is 5.86. The third-order valence-corrected chi connectivity index (χ3v) is 3.65. The fourth-order valence-electron chi connectivity index (χ4n) is 2.45. The molecule has 1 aromatic rings. The first kappa shape index (κ1) is 14.9. The average Bonchev–Trinajstić information content (AvgIpc) is 2.42. The lowest BCUT2D eigenvalue weighted by Gasteiger charge is -2.34. The molecule has 0 bridgehead atoms. The highest BCUT2D eigenvalue weighted by atomic mass is 16.2. The van der Waals surface area contributed by atoms with Gasteiger partial charge in [0.15, 0.2) is 0 Å². The summed E-state index contributed by atoms with van der Waals surface area (Å²) in [6.07, 6.45) is 0. The van der Waals surface area contributed by atoms with Crippen molar-refractivity contribution in [3.8, 4) is 0 Å². The Morgan fingerprint density at radius 3 is 2.70 bits per heavy atom. The second-order valence-electron chi connectivity index (χ2n) is 5.85. The van der Waals surface area contributed by atoms with Crippen LogP contribution in [0.15, 0.2) is 24.3 Å². The van der Waals surface area contributed by atoms with Crippen molar-refractivity contribution in [2.75, 3.05) is 24.5 Å². The summed E-state index contributed by atoms with van der Waals surface area (Å²) in [4.78, 5) is 13.8. The quantitative estimate of drug-likeness (QED) is 0.860. The van der Waals surface area contributed by atoms with Gasteiger partial charge in [0.2, 0.25) is 5.91 Å². The minimum Gasteiger partial charge on any atom is -0.358 e. The van der Waals surface area contributed by atoms with Crippen molar-refractivity contribution in [3.05, 3.63) is 29.8 Å². The largest absolute Gasteiger partial charge is 0.358 e. The normalized spacial score (nSPS) is 19.3. The summed E-state index contributed by atoms with van der Waals surface area (Å²) in [5.41, 5.74) is 2.41. The monoisotopic (exact) mass is 275 g/mol. The van der Waals surface area contributed by atoms with Gasteiger partial charge in [-0.2, -0.15) is 0 Å². The van der Waals surface area contributed by atoms with Crippen molar-refractivity contribution < 1.29 is 4.79 Å². The van der Waals surface area contributed by atoms with E-state index in [9.17, 15) is 4.79 Å². The zero-order valence-electron chi connectivity index (χ0n) is 12.6. The first-order chi connectivity index (χ1) is 9.58. The van der Waals surface area contributed by atoms with Gasteiger partial charge in [0.1, 0.15) is 6.04 Å². The van der Waals surface area contributed by atoms with Crippen LogP contribution in [0.5, 0.6) is 0 Å². The van der Waals surface area contributed by atoms with Gasteiger partial charge < -0.3 is 15.5 Å². The third-order valence-electron chi connectivity index (χ3n) is 3.65. The molecule has 4 nitrogen and oxygen atoms in total. The number of benzene rings is 1. The van der Waals surface area contributed by atoms with Crippen molar-refractivity contribution in [2.45, 2.75) is 33.4 Å². The van der Waals surface area contributed by atoms with E-state index in [1.807, 2.05) is 6.92 Å². The zero-order valence-corrected chi connectivity index (χ0v) is 12.6. The predicted molar refractivity (Wildman–Crippen MR) is 82.8 cm³/mol. The average molecular weight is 275 g/mol. The fraction of sp³-hybridized carbons (Fsp3) is 0.562. The molecule has 1 aliphatic rings. The highest BCUT2D eigenvalue weighted by Gasteiger charge is 2.25. The van der Waals surface area contributed by atoms with Crippen LogP contribution in [0.4, 0.5) is 5.69 Å². The Hall–Kier alpha value is -1.55. The lowest BCUT2D eigenvalue weighted by atomic mass is 10.1. The molecular formula is C16H25N3O. The van der Waals surface area contributed by atoms with E-state index in [1.165, 1.54) is 5.56 Å². The second kappa shape index (κ2) is 6.75. The van der Waals surface area contributed by atoms with E-state index in [0.29, 0.717) is 5.92 Å². The molecule has 0 radical (unpaired) electrons. The van der Waals surface area contributed by atoms with Gasteiger partial charge in [0.25, 0.3) is 0 Å². The first-order valence-electron chi connectivity index (χ1n) is 7.42. The smallest absolute Gasteiger partial charge is 0.242 e. The summed E-state index contributed by atoms with van der Waals surface area (Å²) in [5.74, 6) is 0.779. The number of carbonyl (C=O) groups excluding carboxylic acids is 1. The summed E-state index contributed by atoms with van der Waals surface area (Å²) in [5, 5.41) is 6.33. The molecule has 110 valence electrons. The number of amides is 1. The molecule has 1 fully saturated rings. The second-order valence-corrected chi connectivity index (χ2v) is 5.85. The maximum absolute atomic E-state index is 11.7. The first-order valence-corrected chi connectivity index (χ1v) is 7.42. The standard InChI is InChI=1S/C16H25N3O/c1-12(2)10-17-11-14-4-6-15(7-5-14)19-9-8-18-16(20)13(19)3/h4-7,12-13,17H,8-11H2,1-3H3,(H,18,20). The Kier molecular flexibility index (Phi) is 5.01. The molecular weight excluding hydrogens is 250 g/mol. The van der Waals surface area contributed by atoms with Crippen LogP contribution < -0.4 is 15.5 Å². The molecule has 1 aliphatic heterocycles. The Balaban J connectivity index is 1.95. The van der Waals surface area contributed by atoms with Gasteiger partial charge in [0.05, 0.1) is 0 Å². The maximum atomic E-state index is 11.7. The lowest BCUT2D eigenvalue weighted by Crippen LogP contribution is -2.54. The predicted octanol–water partition coefficient (Wildman–Crippen LogP) is 1.76. The SMILES string of the molecule is CC(C)CNCc1ccc(N2CCNC(=O)C2C)cc1.